The molecule has 2 N–H and O–H groups in total. The van der Waals surface area contributed by atoms with Gasteiger partial charge in [-0.25, -0.2) is 28.0 Å². The summed E-state index contributed by atoms with van der Waals surface area (Å²) in [7, 11) is -2.15. The summed E-state index contributed by atoms with van der Waals surface area (Å²) in [5, 5.41) is 5.22. The second kappa shape index (κ2) is 15.4. The van der Waals surface area contributed by atoms with E-state index in [0.29, 0.717) is 37.4 Å². The van der Waals surface area contributed by atoms with Crippen molar-refractivity contribution in [1.82, 2.24) is 29.5 Å². The van der Waals surface area contributed by atoms with Gasteiger partial charge in [-0.05, 0) is 78.4 Å². The van der Waals surface area contributed by atoms with Crippen molar-refractivity contribution in [2.24, 2.45) is 13.0 Å². The molecule has 1 atom stereocenters. The number of amides is 3. The van der Waals surface area contributed by atoms with Crippen molar-refractivity contribution in [3.8, 4) is 0 Å². The number of nitrogens with one attached hydrogen (secondary N) is 2. The highest BCUT2D eigenvalue weighted by Crippen LogP contribution is 2.28. The Balaban J connectivity index is 1.23. The highest BCUT2D eigenvalue weighted by Gasteiger charge is 2.42. The van der Waals surface area contributed by atoms with Crippen LogP contribution in [0.5, 0.6) is 0 Å². The molecular formula is C32H47N7O8S. The molecule has 4 heterocycles. The van der Waals surface area contributed by atoms with Gasteiger partial charge in [-0.1, -0.05) is 6.07 Å². The lowest BCUT2D eigenvalue weighted by molar-refractivity contribution is -0.148. The maximum Gasteiger partial charge on any atom is 0.416 e. The summed E-state index contributed by atoms with van der Waals surface area (Å²) in [6.45, 7) is 9.16. The molecule has 0 radical (unpaired) electrons. The van der Waals surface area contributed by atoms with Gasteiger partial charge in [-0.2, -0.15) is 4.31 Å². The number of anilines is 1. The van der Waals surface area contributed by atoms with Gasteiger partial charge >= 0.3 is 12.1 Å². The molecule has 1 fully saturated rings. The molecule has 4 rings (SSSR count). The minimum atomic E-state index is -3.84. The second-order valence-electron chi connectivity index (χ2n) is 13.1. The molecule has 16 heteroatoms. The standard InChI is InChI=1S/C32H47N7O8S/c1-7-46-30(42)25(36-29(41)23-18-38(19-23)48(44,45)27-20-37(6)21(2)34-27)17-33-26(40)13-9-8-12-24-15-14-22-11-10-16-39(28(22)35-24)31(43)47-32(3,4)5/h14-15,20,23,25H,7-13,16-19H2,1-6H3,(H,33,40)(H,36,41). The minimum Gasteiger partial charge on any atom is -0.464 e. The number of hydrogen-bond donors (Lipinski definition) is 2. The molecular weight excluding hydrogens is 642 g/mol. The average molecular weight is 690 g/mol. The van der Waals surface area contributed by atoms with Crippen LogP contribution >= 0.6 is 0 Å². The van der Waals surface area contributed by atoms with E-state index in [1.54, 1.807) is 30.4 Å². The molecule has 0 bridgehead atoms. The van der Waals surface area contributed by atoms with E-state index < -0.39 is 45.6 Å². The van der Waals surface area contributed by atoms with Crippen molar-refractivity contribution in [3.63, 3.8) is 0 Å². The third-order valence-corrected chi connectivity index (χ3v) is 9.80. The van der Waals surface area contributed by atoms with Crippen LogP contribution in [-0.4, -0.2) is 95.6 Å². The van der Waals surface area contributed by atoms with Crippen molar-refractivity contribution in [1.29, 1.82) is 0 Å². The number of aryl methyl sites for hydroxylation is 4. The monoisotopic (exact) mass is 689 g/mol. The van der Waals surface area contributed by atoms with Crippen molar-refractivity contribution >= 4 is 39.7 Å². The van der Waals surface area contributed by atoms with E-state index >= 15 is 0 Å². The Morgan fingerprint density at radius 2 is 1.83 bits per heavy atom. The van der Waals surface area contributed by atoms with Gasteiger partial charge in [0.15, 0.2) is 5.03 Å². The quantitative estimate of drug-likeness (QED) is 0.233. The number of hydrogen-bond acceptors (Lipinski definition) is 10. The molecule has 2 aliphatic rings. The Kier molecular flexibility index (Phi) is 11.8. The summed E-state index contributed by atoms with van der Waals surface area (Å²) in [6.07, 6.45) is 4.70. The lowest BCUT2D eigenvalue weighted by Gasteiger charge is -2.37. The zero-order valence-corrected chi connectivity index (χ0v) is 29.4. The molecule has 48 heavy (non-hydrogen) atoms. The topological polar surface area (TPSA) is 182 Å². The summed E-state index contributed by atoms with van der Waals surface area (Å²) in [6, 6.07) is 2.81. The van der Waals surface area contributed by atoms with Crippen molar-refractivity contribution in [3.05, 3.63) is 35.4 Å². The zero-order chi connectivity index (χ0) is 35.2. The Hall–Kier alpha value is -4.05. The Morgan fingerprint density at radius 1 is 1.10 bits per heavy atom. The molecule has 1 unspecified atom stereocenters. The fourth-order valence-corrected chi connectivity index (χ4v) is 6.87. The van der Waals surface area contributed by atoms with Gasteiger partial charge in [0.2, 0.25) is 11.8 Å². The van der Waals surface area contributed by atoms with Crippen LogP contribution in [0.1, 0.15) is 70.5 Å². The molecule has 0 spiro atoms. The van der Waals surface area contributed by atoms with Gasteiger partial charge in [0, 0.05) is 51.5 Å². The second-order valence-corrected chi connectivity index (χ2v) is 15.0. The number of nitrogens with zero attached hydrogens (tertiary/aromatic N) is 5. The van der Waals surface area contributed by atoms with Gasteiger partial charge < -0.3 is 24.7 Å². The number of rotatable bonds is 13. The van der Waals surface area contributed by atoms with E-state index in [4.69, 9.17) is 14.5 Å². The van der Waals surface area contributed by atoms with Crippen LogP contribution in [0.3, 0.4) is 0 Å². The van der Waals surface area contributed by atoms with Gasteiger partial charge in [0.1, 0.15) is 23.3 Å². The first-order valence-corrected chi connectivity index (χ1v) is 17.8. The summed E-state index contributed by atoms with van der Waals surface area (Å²) in [4.78, 5) is 61.3. The van der Waals surface area contributed by atoms with Crippen molar-refractivity contribution < 1.29 is 37.1 Å². The number of ether oxygens (including phenoxy) is 2. The molecule has 3 amide bonds. The number of pyridine rings is 1. The minimum absolute atomic E-state index is 0.0518. The summed E-state index contributed by atoms with van der Waals surface area (Å²) >= 11 is 0. The number of fused-ring (bicyclic) bond motifs is 1. The molecule has 264 valence electrons. The van der Waals surface area contributed by atoms with E-state index in [-0.39, 0.29) is 43.6 Å². The van der Waals surface area contributed by atoms with Gasteiger partial charge in [0.05, 0.1) is 12.5 Å². The van der Waals surface area contributed by atoms with Crippen LogP contribution in [0.4, 0.5) is 10.6 Å². The van der Waals surface area contributed by atoms with Gasteiger partial charge in [-0.3, -0.25) is 14.5 Å². The number of esters is 1. The van der Waals surface area contributed by atoms with Crippen LogP contribution in [0.25, 0.3) is 0 Å². The fraction of sp³-hybridized carbons (Fsp3) is 0.625. The van der Waals surface area contributed by atoms with E-state index in [1.165, 1.54) is 6.20 Å². The summed E-state index contributed by atoms with van der Waals surface area (Å²) in [5.41, 5.74) is 1.20. The molecule has 2 aliphatic heterocycles. The first kappa shape index (κ1) is 36.8. The largest absolute Gasteiger partial charge is 0.464 e. The molecule has 2 aromatic heterocycles. The van der Waals surface area contributed by atoms with Gasteiger partial charge in [0.25, 0.3) is 10.0 Å². The molecule has 0 saturated carbocycles. The Bertz CT molecular complexity index is 1590. The Morgan fingerprint density at radius 3 is 2.48 bits per heavy atom. The predicted octanol–water partition coefficient (Wildman–Crippen LogP) is 2.01. The summed E-state index contributed by atoms with van der Waals surface area (Å²) in [5.74, 6) is -0.989. The SMILES string of the molecule is CCOC(=O)C(CNC(=O)CCCCc1ccc2c(n1)N(C(=O)OC(C)(C)C)CCC2)NC(=O)C1CN(S(=O)(=O)c2cn(C)c(C)n2)C1. The number of sulfonamides is 1. The van der Waals surface area contributed by atoms with Crippen LogP contribution in [0.15, 0.2) is 23.4 Å². The Labute approximate surface area is 281 Å². The smallest absolute Gasteiger partial charge is 0.416 e. The third-order valence-electron chi connectivity index (χ3n) is 8.10. The van der Waals surface area contributed by atoms with Crippen molar-refractivity contribution in [2.45, 2.75) is 89.8 Å². The average Bonchev–Trinajstić information content (AvgIpc) is 3.33. The van der Waals surface area contributed by atoms with E-state index in [2.05, 4.69) is 15.6 Å². The maximum absolute atomic E-state index is 12.9. The number of carbonyl (C=O) groups excluding carboxylic acids is 4. The normalized spacial score (nSPS) is 16.0. The van der Waals surface area contributed by atoms with Crippen LogP contribution in [0, 0.1) is 12.8 Å². The lowest BCUT2D eigenvalue weighted by Crippen LogP contribution is -2.59. The zero-order valence-electron chi connectivity index (χ0n) is 28.6. The highest BCUT2D eigenvalue weighted by molar-refractivity contribution is 7.89. The molecule has 15 nitrogen and oxygen atoms in total. The van der Waals surface area contributed by atoms with E-state index in [1.807, 2.05) is 32.9 Å². The fourth-order valence-electron chi connectivity index (χ4n) is 5.32. The molecule has 0 aromatic carbocycles. The van der Waals surface area contributed by atoms with Crippen LogP contribution in [-0.2, 0) is 53.8 Å². The van der Waals surface area contributed by atoms with Gasteiger partial charge in [-0.15, -0.1) is 0 Å². The first-order chi connectivity index (χ1) is 22.6. The number of imidazole rings is 1. The number of aromatic nitrogens is 3. The number of unbranched alkanes of at least 4 members (excludes halogenated alkanes) is 1. The van der Waals surface area contributed by atoms with E-state index in [0.717, 1.165) is 28.4 Å². The molecule has 0 aliphatic carbocycles. The van der Waals surface area contributed by atoms with E-state index in [9.17, 15) is 27.6 Å². The van der Waals surface area contributed by atoms with Crippen molar-refractivity contribution in [2.75, 3.05) is 37.7 Å². The lowest BCUT2D eigenvalue weighted by atomic mass is 10.0. The predicted molar refractivity (Wildman–Crippen MR) is 175 cm³/mol. The maximum atomic E-state index is 12.9. The van der Waals surface area contributed by atoms with Crippen LogP contribution < -0.4 is 15.5 Å². The first-order valence-electron chi connectivity index (χ1n) is 16.3. The third kappa shape index (κ3) is 9.30. The highest BCUT2D eigenvalue weighted by atomic mass is 32.2. The number of carbonyl (C=O) groups is 4. The summed E-state index contributed by atoms with van der Waals surface area (Å²) < 4.78 is 39.1. The molecule has 2 aromatic rings. The molecule has 1 saturated heterocycles. The van der Waals surface area contributed by atoms with Crippen LogP contribution in [0.2, 0.25) is 0 Å².